The Morgan fingerprint density at radius 3 is 2.31 bits per heavy atom. The number of carbonyl (C=O) groups is 2. The quantitative estimate of drug-likeness (QED) is 0.627. The molecule has 0 saturated heterocycles. The van der Waals surface area contributed by atoms with E-state index < -0.39 is 5.97 Å². The van der Waals surface area contributed by atoms with E-state index in [9.17, 15) is 9.59 Å². The molecule has 0 aliphatic heterocycles. The topological polar surface area (TPSA) is 92.4 Å². The van der Waals surface area contributed by atoms with Gasteiger partial charge in [-0.2, -0.15) is 0 Å². The zero-order chi connectivity index (χ0) is 12.8. The summed E-state index contributed by atoms with van der Waals surface area (Å²) in [4.78, 5) is 22.0. The Hall–Kier alpha value is -1.10. The highest BCUT2D eigenvalue weighted by Crippen LogP contribution is 2.22. The average Bonchev–Trinajstić information content (AvgIpc) is 1.98. The molecular weight excluding hydrogens is 208 g/mol. The molecule has 0 fully saturated rings. The van der Waals surface area contributed by atoms with Gasteiger partial charge in [0.25, 0.3) is 0 Å². The van der Waals surface area contributed by atoms with Crippen molar-refractivity contribution in [2.24, 2.45) is 11.1 Å². The van der Waals surface area contributed by atoms with Gasteiger partial charge in [-0.15, -0.1) is 0 Å². The third kappa shape index (κ3) is 8.23. The minimum Gasteiger partial charge on any atom is -0.481 e. The van der Waals surface area contributed by atoms with Crippen LogP contribution in [0.1, 0.15) is 40.0 Å². The van der Waals surface area contributed by atoms with Gasteiger partial charge in [0.05, 0.1) is 6.42 Å². The Labute approximate surface area is 96.4 Å². The predicted molar refractivity (Wildman–Crippen MR) is 61.9 cm³/mol. The second kappa shape index (κ2) is 6.48. The zero-order valence-electron chi connectivity index (χ0n) is 10.2. The van der Waals surface area contributed by atoms with Crippen molar-refractivity contribution < 1.29 is 14.7 Å². The molecule has 0 aromatic heterocycles. The van der Waals surface area contributed by atoms with Gasteiger partial charge in [0.15, 0.2) is 0 Å². The van der Waals surface area contributed by atoms with E-state index in [0.29, 0.717) is 6.42 Å². The molecule has 1 amide bonds. The first-order valence-corrected chi connectivity index (χ1v) is 5.46. The van der Waals surface area contributed by atoms with Crippen LogP contribution in [-0.4, -0.2) is 29.6 Å². The molecule has 0 aromatic rings. The van der Waals surface area contributed by atoms with Crippen molar-refractivity contribution in [3.8, 4) is 0 Å². The van der Waals surface area contributed by atoms with Crippen LogP contribution in [-0.2, 0) is 9.59 Å². The number of carboxylic acids is 1. The highest BCUT2D eigenvalue weighted by molar-refractivity contribution is 5.77. The number of nitrogens with two attached hydrogens (primary N) is 1. The maximum absolute atomic E-state index is 11.3. The van der Waals surface area contributed by atoms with E-state index >= 15 is 0 Å². The zero-order valence-corrected chi connectivity index (χ0v) is 10.2. The Morgan fingerprint density at radius 1 is 1.38 bits per heavy atom. The molecule has 94 valence electrons. The number of aliphatic carboxylic acids is 1. The molecule has 0 saturated carbocycles. The highest BCUT2D eigenvalue weighted by atomic mass is 16.4. The van der Waals surface area contributed by atoms with Crippen LogP contribution < -0.4 is 11.1 Å². The molecule has 0 radical (unpaired) electrons. The third-order valence-corrected chi connectivity index (χ3v) is 2.02. The lowest BCUT2D eigenvalue weighted by Gasteiger charge is -2.25. The fourth-order valence-corrected chi connectivity index (χ4v) is 1.56. The molecular formula is C11H22N2O3. The number of amides is 1. The molecule has 0 heterocycles. The van der Waals surface area contributed by atoms with E-state index in [-0.39, 0.29) is 36.8 Å². The first-order chi connectivity index (χ1) is 7.24. The SMILES string of the molecule is CC(C)(C)CC(CC(=O)O)NC(=O)CCN. The summed E-state index contributed by atoms with van der Waals surface area (Å²) in [6.45, 7) is 6.31. The summed E-state index contributed by atoms with van der Waals surface area (Å²) >= 11 is 0. The van der Waals surface area contributed by atoms with Crippen molar-refractivity contribution in [1.29, 1.82) is 0 Å². The summed E-state index contributed by atoms with van der Waals surface area (Å²) in [5.74, 6) is -1.08. The summed E-state index contributed by atoms with van der Waals surface area (Å²) in [6.07, 6.45) is 0.823. The number of hydrogen-bond acceptors (Lipinski definition) is 3. The van der Waals surface area contributed by atoms with Crippen molar-refractivity contribution in [3.05, 3.63) is 0 Å². The van der Waals surface area contributed by atoms with Gasteiger partial charge in [0, 0.05) is 19.0 Å². The van der Waals surface area contributed by atoms with Crippen LogP contribution in [0.5, 0.6) is 0 Å². The molecule has 0 bridgehead atoms. The van der Waals surface area contributed by atoms with Crippen LogP contribution in [0.25, 0.3) is 0 Å². The van der Waals surface area contributed by atoms with Gasteiger partial charge in [-0.3, -0.25) is 9.59 Å². The second-order valence-corrected chi connectivity index (χ2v) is 5.17. The van der Waals surface area contributed by atoms with Crippen LogP contribution in [0.3, 0.4) is 0 Å². The summed E-state index contributed by atoms with van der Waals surface area (Å²) in [5.41, 5.74) is 5.24. The maximum Gasteiger partial charge on any atom is 0.305 e. The van der Waals surface area contributed by atoms with Gasteiger partial charge in [0.2, 0.25) is 5.91 Å². The normalized spacial score (nSPS) is 13.2. The van der Waals surface area contributed by atoms with Gasteiger partial charge < -0.3 is 16.2 Å². The molecule has 16 heavy (non-hydrogen) atoms. The minimum atomic E-state index is -0.901. The van der Waals surface area contributed by atoms with E-state index in [1.54, 1.807) is 0 Å². The van der Waals surface area contributed by atoms with E-state index in [1.165, 1.54) is 0 Å². The third-order valence-electron chi connectivity index (χ3n) is 2.02. The number of nitrogens with one attached hydrogen (secondary N) is 1. The minimum absolute atomic E-state index is 0.0177. The summed E-state index contributed by atoms with van der Waals surface area (Å²) < 4.78 is 0. The van der Waals surface area contributed by atoms with Crippen molar-refractivity contribution in [2.75, 3.05) is 6.54 Å². The number of carboxylic acid groups (broad SMARTS) is 1. The Kier molecular flexibility index (Phi) is 6.03. The van der Waals surface area contributed by atoms with Crippen LogP contribution in [0.15, 0.2) is 0 Å². The summed E-state index contributed by atoms with van der Waals surface area (Å²) in [5, 5.41) is 11.5. The molecule has 0 aromatic carbocycles. The standard InChI is InChI=1S/C11H22N2O3/c1-11(2,3)7-8(6-10(15)16)13-9(14)4-5-12/h8H,4-7,12H2,1-3H3,(H,13,14)(H,15,16). The Bertz CT molecular complexity index is 246. The van der Waals surface area contributed by atoms with Crippen LogP contribution in [0, 0.1) is 5.41 Å². The van der Waals surface area contributed by atoms with E-state index in [1.807, 2.05) is 20.8 Å². The van der Waals surface area contributed by atoms with Gasteiger partial charge in [-0.05, 0) is 11.8 Å². The van der Waals surface area contributed by atoms with Crippen LogP contribution >= 0.6 is 0 Å². The maximum atomic E-state index is 11.3. The first-order valence-electron chi connectivity index (χ1n) is 5.46. The molecule has 0 aliphatic carbocycles. The van der Waals surface area contributed by atoms with Crippen molar-refractivity contribution >= 4 is 11.9 Å². The van der Waals surface area contributed by atoms with Gasteiger partial charge >= 0.3 is 5.97 Å². The Morgan fingerprint density at radius 2 is 1.94 bits per heavy atom. The Balaban J connectivity index is 4.31. The first kappa shape index (κ1) is 14.9. The number of carbonyl (C=O) groups excluding carboxylic acids is 1. The summed E-state index contributed by atoms with van der Waals surface area (Å²) in [7, 11) is 0. The molecule has 4 N–H and O–H groups in total. The van der Waals surface area contributed by atoms with E-state index in [0.717, 1.165) is 0 Å². The molecule has 0 spiro atoms. The smallest absolute Gasteiger partial charge is 0.305 e. The van der Waals surface area contributed by atoms with Gasteiger partial charge in [-0.25, -0.2) is 0 Å². The number of hydrogen-bond donors (Lipinski definition) is 3. The lowest BCUT2D eigenvalue weighted by molar-refractivity contribution is -0.137. The average molecular weight is 230 g/mol. The fraction of sp³-hybridized carbons (Fsp3) is 0.818. The van der Waals surface area contributed by atoms with Crippen molar-refractivity contribution in [3.63, 3.8) is 0 Å². The fourth-order valence-electron chi connectivity index (χ4n) is 1.56. The van der Waals surface area contributed by atoms with Gasteiger partial charge in [-0.1, -0.05) is 20.8 Å². The molecule has 0 rings (SSSR count). The number of rotatable bonds is 6. The molecule has 1 atom stereocenters. The predicted octanol–water partition coefficient (Wildman–Crippen LogP) is 0.731. The van der Waals surface area contributed by atoms with Gasteiger partial charge in [0.1, 0.15) is 0 Å². The molecule has 5 heteroatoms. The molecule has 1 unspecified atom stereocenters. The molecule has 5 nitrogen and oxygen atoms in total. The lowest BCUT2D eigenvalue weighted by atomic mass is 9.87. The molecule has 0 aliphatic rings. The van der Waals surface area contributed by atoms with E-state index in [2.05, 4.69) is 5.32 Å². The lowest BCUT2D eigenvalue weighted by Crippen LogP contribution is -2.39. The largest absolute Gasteiger partial charge is 0.481 e. The summed E-state index contributed by atoms with van der Waals surface area (Å²) in [6, 6.07) is -0.323. The van der Waals surface area contributed by atoms with Crippen molar-refractivity contribution in [2.45, 2.75) is 46.1 Å². The second-order valence-electron chi connectivity index (χ2n) is 5.17. The van der Waals surface area contributed by atoms with Crippen molar-refractivity contribution in [1.82, 2.24) is 5.32 Å². The monoisotopic (exact) mass is 230 g/mol. The van der Waals surface area contributed by atoms with E-state index in [4.69, 9.17) is 10.8 Å². The van der Waals surface area contributed by atoms with Crippen LogP contribution in [0.4, 0.5) is 0 Å². The van der Waals surface area contributed by atoms with Crippen LogP contribution in [0.2, 0.25) is 0 Å². The highest BCUT2D eigenvalue weighted by Gasteiger charge is 2.22.